The van der Waals surface area contributed by atoms with Gasteiger partial charge in [-0.2, -0.15) is 0 Å². The van der Waals surface area contributed by atoms with Crippen molar-refractivity contribution < 1.29 is 0 Å². The van der Waals surface area contributed by atoms with Gasteiger partial charge in [-0.15, -0.1) is 24.8 Å². The van der Waals surface area contributed by atoms with E-state index in [1.807, 2.05) is 0 Å². The monoisotopic (exact) mass is 200 g/mol. The van der Waals surface area contributed by atoms with Crippen LogP contribution in [0.3, 0.4) is 0 Å². The first-order valence-electron chi connectivity index (χ1n) is 3.77. The van der Waals surface area contributed by atoms with Crippen LogP contribution in [0.15, 0.2) is 0 Å². The van der Waals surface area contributed by atoms with Gasteiger partial charge < -0.3 is 10.6 Å². The summed E-state index contributed by atoms with van der Waals surface area (Å²) in [6.07, 6.45) is 2.74. The Morgan fingerprint density at radius 3 is 2.09 bits per heavy atom. The van der Waals surface area contributed by atoms with Crippen LogP contribution in [0.4, 0.5) is 0 Å². The molecule has 1 aliphatic heterocycles. The largest absolute Gasteiger partial charge is 0.327 e. The molecule has 0 bridgehead atoms. The van der Waals surface area contributed by atoms with Crippen LogP contribution in [0, 0.1) is 0 Å². The molecule has 11 heavy (non-hydrogen) atoms. The summed E-state index contributed by atoms with van der Waals surface area (Å²) in [4.78, 5) is 2.44. The molecule has 0 radical (unpaired) electrons. The van der Waals surface area contributed by atoms with Gasteiger partial charge in [-0.3, -0.25) is 0 Å². The Morgan fingerprint density at radius 1 is 1.27 bits per heavy atom. The maximum Gasteiger partial charge on any atom is 0.0139 e. The topological polar surface area (TPSA) is 29.3 Å². The van der Waals surface area contributed by atoms with E-state index in [1.165, 1.54) is 25.9 Å². The van der Waals surface area contributed by atoms with Crippen molar-refractivity contribution in [3.63, 3.8) is 0 Å². The van der Waals surface area contributed by atoms with E-state index in [4.69, 9.17) is 5.73 Å². The third kappa shape index (κ3) is 5.74. The van der Waals surface area contributed by atoms with Crippen molar-refractivity contribution in [2.45, 2.75) is 25.8 Å². The van der Waals surface area contributed by atoms with E-state index in [0.29, 0.717) is 6.04 Å². The number of likely N-dealkylation sites (tertiary alicyclic amines) is 1. The number of hydrogen-bond acceptors (Lipinski definition) is 2. The quantitative estimate of drug-likeness (QED) is 0.729. The molecule has 1 heterocycles. The highest BCUT2D eigenvalue weighted by atomic mass is 35.5. The van der Waals surface area contributed by atoms with Crippen LogP contribution < -0.4 is 5.73 Å². The number of rotatable bonds is 2. The fourth-order valence-corrected chi connectivity index (χ4v) is 1.37. The minimum absolute atomic E-state index is 0. The number of halogens is 2. The average molecular weight is 201 g/mol. The molecule has 0 aromatic heterocycles. The Balaban J connectivity index is 0. The van der Waals surface area contributed by atoms with Gasteiger partial charge in [0.05, 0.1) is 0 Å². The van der Waals surface area contributed by atoms with Crippen molar-refractivity contribution in [1.82, 2.24) is 4.90 Å². The Hall–Kier alpha value is 0.500. The fourth-order valence-electron chi connectivity index (χ4n) is 1.37. The number of hydrogen-bond donors (Lipinski definition) is 1. The van der Waals surface area contributed by atoms with Crippen molar-refractivity contribution >= 4 is 24.8 Å². The highest BCUT2D eigenvalue weighted by Crippen LogP contribution is 2.06. The Kier molecular flexibility index (Phi) is 9.15. The molecule has 1 saturated heterocycles. The normalized spacial score (nSPS) is 20.2. The Morgan fingerprint density at radius 2 is 1.73 bits per heavy atom. The predicted molar refractivity (Wildman–Crippen MR) is 53.8 cm³/mol. The van der Waals surface area contributed by atoms with Crippen LogP contribution in [-0.2, 0) is 0 Å². The zero-order valence-corrected chi connectivity index (χ0v) is 8.59. The van der Waals surface area contributed by atoms with Gasteiger partial charge in [-0.25, -0.2) is 0 Å². The van der Waals surface area contributed by atoms with Crippen LogP contribution >= 0.6 is 24.8 Å². The first-order valence-corrected chi connectivity index (χ1v) is 3.77. The fraction of sp³-hybridized carbons (Fsp3) is 1.00. The molecule has 2 nitrogen and oxygen atoms in total. The third-order valence-electron chi connectivity index (χ3n) is 1.74. The van der Waals surface area contributed by atoms with E-state index in [2.05, 4.69) is 11.8 Å². The Bertz CT molecular complexity index is 82.5. The Labute approximate surface area is 81.3 Å². The van der Waals surface area contributed by atoms with E-state index >= 15 is 0 Å². The smallest absolute Gasteiger partial charge is 0.0139 e. The van der Waals surface area contributed by atoms with Gasteiger partial charge in [0, 0.05) is 12.6 Å². The molecule has 0 amide bonds. The molecule has 1 aliphatic rings. The summed E-state index contributed by atoms with van der Waals surface area (Å²) in [5.74, 6) is 0. The van der Waals surface area contributed by atoms with Crippen LogP contribution in [0.5, 0.6) is 0 Å². The zero-order valence-electron chi connectivity index (χ0n) is 6.95. The molecule has 1 fully saturated rings. The molecule has 0 aromatic rings. The minimum Gasteiger partial charge on any atom is -0.327 e. The zero-order chi connectivity index (χ0) is 6.69. The highest BCUT2D eigenvalue weighted by molar-refractivity contribution is 5.85. The first kappa shape index (κ1) is 14.0. The van der Waals surface area contributed by atoms with Gasteiger partial charge in [-0.1, -0.05) is 0 Å². The lowest BCUT2D eigenvalue weighted by Gasteiger charge is -2.16. The minimum atomic E-state index is 0. The lowest BCUT2D eigenvalue weighted by molar-refractivity contribution is 0.321. The molecular weight excluding hydrogens is 183 g/mol. The lowest BCUT2D eigenvalue weighted by atomic mass is 10.3. The lowest BCUT2D eigenvalue weighted by Crippen LogP contribution is -2.33. The average Bonchev–Trinajstić information content (AvgIpc) is 2.15. The third-order valence-corrected chi connectivity index (χ3v) is 1.74. The summed E-state index contributed by atoms with van der Waals surface area (Å²) in [6, 6.07) is 0.350. The summed E-state index contributed by atoms with van der Waals surface area (Å²) in [5, 5.41) is 0. The second-order valence-electron chi connectivity index (χ2n) is 2.98. The van der Waals surface area contributed by atoms with Crippen LogP contribution in [0.25, 0.3) is 0 Å². The van der Waals surface area contributed by atoms with Crippen LogP contribution in [0.1, 0.15) is 19.8 Å². The highest BCUT2D eigenvalue weighted by Gasteiger charge is 2.11. The van der Waals surface area contributed by atoms with Crippen molar-refractivity contribution in [2.24, 2.45) is 5.73 Å². The van der Waals surface area contributed by atoms with Crippen LogP contribution in [0.2, 0.25) is 0 Å². The first-order chi connectivity index (χ1) is 4.29. The number of nitrogens with two attached hydrogens (primary N) is 1. The van der Waals surface area contributed by atoms with E-state index in [9.17, 15) is 0 Å². The molecule has 0 aliphatic carbocycles. The maximum atomic E-state index is 5.63. The summed E-state index contributed by atoms with van der Waals surface area (Å²) < 4.78 is 0. The van der Waals surface area contributed by atoms with Crippen LogP contribution in [-0.4, -0.2) is 30.6 Å². The standard InChI is InChI=1S/C7H16N2.2ClH/c1-7(8)6-9-4-2-3-5-9;;/h7H,2-6,8H2,1H3;2*1H. The van der Waals surface area contributed by atoms with Gasteiger partial charge in [0.25, 0.3) is 0 Å². The molecule has 0 spiro atoms. The molecule has 2 N–H and O–H groups in total. The molecule has 0 saturated carbocycles. The molecule has 70 valence electrons. The number of nitrogens with zero attached hydrogens (tertiary/aromatic N) is 1. The van der Waals surface area contributed by atoms with Crippen molar-refractivity contribution in [3.05, 3.63) is 0 Å². The second kappa shape index (κ2) is 7.17. The summed E-state index contributed by atoms with van der Waals surface area (Å²) in [6.45, 7) is 5.68. The molecule has 1 atom stereocenters. The second-order valence-corrected chi connectivity index (χ2v) is 2.98. The molecular formula is C7H18Cl2N2. The molecule has 0 aromatic carbocycles. The summed E-state index contributed by atoms with van der Waals surface area (Å²) in [5.41, 5.74) is 5.63. The van der Waals surface area contributed by atoms with E-state index in [0.717, 1.165) is 6.54 Å². The maximum absolute atomic E-state index is 5.63. The van der Waals surface area contributed by atoms with Gasteiger partial charge in [0.15, 0.2) is 0 Å². The van der Waals surface area contributed by atoms with Gasteiger partial charge in [0.1, 0.15) is 0 Å². The van der Waals surface area contributed by atoms with Crippen molar-refractivity contribution in [1.29, 1.82) is 0 Å². The van der Waals surface area contributed by atoms with Gasteiger partial charge in [0.2, 0.25) is 0 Å². The van der Waals surface area contributed by atoms with E-state index in [1.54, 1.807) is 0 Å². The molecule has 1 unspecified atom stereocenters. The molecule has 1 rings (SSSR count). The summed E-state index contributed by atoms with van der Waals surface area (Å²) in [7, 11) is 0. The SMILES string of the molecule is CC(N)CN1CCCC1.Cl.Cl. The predicted octanol–water partition coefficient (Wildman–Crippen LogP) is 1.27. The van der Waals surface area contributed by atoms with E-state index in [-0.39, 0.29) is 24.8 Å². The van der Waals surface area contributed by atoms with Crippen molar-refractivity contribution in [2.75, 3.05) is 19.6 Å². The van der Waals surface area contributed by atoms with Crippen molar-refractivity contribution in [3.8, 4) is 0 Å². The van der Waals surface area contributed by atoms with E-state index < -0.39 is 0 Å². The summed E-state index contributed by atoms with van der Waals surface area (Å²) >= 11 is 0. The van der Waals surface area contributed by atoms with Gasteiger partial charge >= 0.3 is 0 Å². The molecule has 4 heteroatoms. The van der Waals surface area contributed by atoms with Gasteiger partial charge in [-0.05, 0) is 32.9 Å².